The first-order valence-electron chi connectivity index (χ1n) is 8.01. The van der Waals surface area contributed by atoms with Gasteiger partial charge in [0, 0.05) is 25.7 Å². The zero-order chi connectivity index (χ0) is 13.5. The summed E-state index contributed by atoms with van der Waals surface area (Å²) >= 11 is 0. The Morgan fingerprint density at radius 1 is 1.16 bits per heavy atom. The molecule has 4 nitrogen and oxygen atoms in total. The molecule has 4 heteroatoms. The van der Waals surface area contributed by atoms with Crippen LogP contribution in [0.2, 0.25) is 0 Å². The third-order valence-corrected chi connectivity index (χ3v) is 4.37. The highest BCUT2D eigenvalue weighted by Crippen LogP contribution is 2.20. The molecular weight excluding hydrogens is 240 g/mol. The van der Waals surface area contributed by atoms with Gasteiger partial charge in [0.1, 0.15) is 0 Å². The lowest BCUT2D eigenvalue weighted by molar-refractivity contribution is 0.00506. The fourth-order valence-electron chi connectivity index (χ4n) is 3.38. The van der Waals surface area contributed by atoms with Gasteiger partial charge in [-0.3, -0.25) is 9.80 Å². The Morgan fingerprint density at radius 3 is 2.68 bits per heavy atom. The van der Waals surface area contributed by atoms with E-state index in [-0.39, 0.29) is 6.10 Å². The maximum atomic E-state index is 9.95. The van der Waals surface area contributed by atoms with Crippen molar-refractivity contribution >= 4 is 0 Å². The summed E-state index contributed by atoms with van der Waals surface area (Å²) in [5.74, 6) is 0. The van der Waals surface area contributed by atoms with Crippen LogP contribution in [0.1, 0.15) is 39.0 Å². The summed E-state index contributed by atoms with van der Waals surface area (Å²) in [5.41, 5.74) is 0. The Balaban J connectivity index is 1.73. The van der Waals surface area contributed by atoms with Crippen molar-refractivity contribution < 1.29 is 9.84 Å². The van der Waals surface area contributed by atoms with Crippen LogP contribution in [-0.4, -0.2) is 73.0 Å². The molecule has 0 bridgehead atoms. The molecule has 19 heavy (non-hydrogen) atoms. The van der Waals surface area contributed by atoms with Crippen molar-refractivity contribution in [3.8, 4) is 0 Å². The van der Waals surface area contributed by atoms with E-state index < -0.39 is 0 Å². The van der Waals surface area contributed by atoms with Gasteiger partial charge >= 0.3 is 0 Å². The molecule has 0 aliphatic carbocycles. The van der Waals surface area contributed by atoms with Crippen molar-refractivity contribution in [1.82, 2.24) is 9.80 Å². The predicted octanol–water partition coefficient (Wildman–Crippen LogP) is 1.33. The maximum absolute atomic E-state index is 9.95. The van der Waals surface area contributed by atoms with E-state index in [0.717, 1.165) is 19.6 Å². The molecular formula is C15H30N2O2. The van der Waals surface area contributed by atoms with Crippen LogP contribution in [0.15, 0.2) is 0 Å². The number of aliphatic hydroxyl groups is 1. The average molecular weight is 270 g/mol. The number of piperidine rings is 2. The molecule has 0 aromatic heterocycles. The first-order chi connectivity index (χ1) is 9.29. The van der Waals surface area contributed by atoms with Crippen molar-refractivity contribution in [3.05, 3.63) is 0 Å². The van der Waals surface area contributed by atoms with Crippen LogP contribution in [0.5, 0.6) is 0 Å². The van der Waals surface area contributed by atoms with Crippen LogP contribution in [0.3, 0.4) is 0 Å². The summed E-state index contributed by atoms with van der Waals surface area (Å²) in [6, 6.07) is 0.716. The summed E-state index contributed by atoms with van der Waals surface area (Å²) in [6.45, 7) is 8.72. The number of hydrogen-bond acceptors (Lipinski definition) is 4. The SMILES string of the molecule is CCOC[C@@H](O)CN1CCC[C@H](N2CCCCC2)C1. The molecule has 0 saturated carbocycles. The molecule has 0 spiro atoms. The largest absolute Gasteiger partial charge is 0.389 e. The van der Waals surface area contributed by atoms with Crippen molar-refractivity contribution in [2.24, 2.45) is 0 Å². The molecule has 0 radical (unpaired) electrons. The summed E-state index contributed by atoms with van der Waals surface area (Å²) in [5, 5.41) is 9.95. The van der Waals surface area contributed by atoms with Crippen molar-refractivity contribution in [2.45, 2.75) is 51.2 Å². The first-order valence-corrected chi connectivity index (χ1v) is 8.01. The molecule has 0 unspecified atom stereocenters. The zero-order valence-corrected chi connectivity index (χ0v) is 12.4. The van der Waals surface area contributed by atoms with Crippen molar-refractivity contribution in [1.29, 1.82) is 0 Å². The number of ether oxygens (including phenoxy) is 1. The Kier molecular flexibility index (Phi) is 6.57. The van der Waals surface area contributed by atoms with Crippen LogP contribution in [0, 0.1) is 0 Å². The van der Waals surface area contributed by atoms with Crippen LogP contribution in [0.4, 0.5) is 0 Å². The normalized spacial score (nSPS) is 28.4. The maximum Gasteiger partial charge on any atom is 0.0900 e. The van der Waals surface area contributed by atoms with Gasteiger partial charge in [0.05, 0.1) is 12.7 Å². The Bertz CT molecular complexity index is 244. The molecule has 0 aromatic carbocycles. The van der Waals surface area contributed by atoms with Crippen molar-refractivity contribution in [3.63, 3.8) is 0 Å². The van der Waals surface area contributed by atoms with Gasteiger partial charge in [0.15, 0.2) is 0 Å². The molecule has 2 aliphatic heterocycles. The van der Waals surface area contributed by atoms with E-state index >= 15 is 0 Å². The van der Waals surface area contributed by atoms with Gasteiger partial charge in [-0.05, 0) is 52.2 Å². The van der Waals surface area contributed by atoms with E-state index in [0.29, 0.717) is 19.3 Å². The smallest absolute Gasteiger partial charge is 0.0900 e. The molecule has 112 valence electrons. The third kappa shape index (κ3) is 5.03. The molecule has 1 N–H and O–H groups in total. The number of nitrogens with zero attached hydrogens (tertiary/aromatic N) is 2. The summed E-state index contributed by atoms with van der Waals surface area (Å²) in [4.78, 5) is 5.09. The molecule has 2 rings (SSSR count). The Labute approximate surface area is 117 Å². The van der Waals surface area contributed by atoms with Gasteiger partial charge in [0.2, 0.25) is 0 Å². The molecule has 2 saturated heterocycles. The first kappa shape index (κ1) is 15.2. The average Bonchev–Trinajstić information content (AvgIpc) is 2.46. The fourth-order valence-corrected chi connectivity index (χ4v) is 3.38. The van der Waals surface area contributed by atoms with Crippen LogP contribution in [-0.2, 0) is 4.74 Å². The van der Waals surface area contributed by atoms with E-state index in [1.54, 1.807) is 0 Å². The van der Waals surface area contributed by atoms with E-state index in [1.807, 2.05) is 6.92 Å². The lowest BCUT2D eigenvalue weighted by Gasteiger charge is -2.41. The van der Waals surface area contributed by atoms with Gasteiger partial charge in [-0.25, -0.2) is 0 Å². The minimum absolute atomic E-state index is 0.333. The summed E-state index contributed by atoms with van der Waals surface area (Å²) in [6.07, 6.45) is 6.40. The number of hydrogen-bond donors (Lipinski definition) is 1. The monoisotopic (exact) mass is 270 g/mol. The lowest BCUT2D eigenvalue weighted by Crippen LogP contribution is -2.51. The van der Waals surface area contributed by atoms with E-state index in [9.17, 15) is 5.11 Å². The van der Waals surface area contributed by atoms with Crippen LogP contribution in [0.25, 0.3) is 0 Å². The van der Waals surface area contributed by atoms with Crippen LogP contribution < -0.4 is 0 Å². The minimum atomic E-state index is -0.333. The van der Waals surface area contributed by atoms with E-state index in [4.69, 9.17) is 4.74 Å². The molecule has 0 amide bonds. The zero-order valence-electron chi connectivity index (χ0n) is 12.4. The van der Waals surface area contributed by atoms with Crippen molar-refractivity contribution in [2.75, 3.05) is 45.9 Å². The number of rotatable bonds is 6. The molecule has 2 aliphatic rings. The predicted molar refractivity (Wildman–Crippen MR) is 77.4 cm³/mol. The second-order valence-corrected chi connectivity index (χ2v) is 5.97. The molecule has 2 heterocycles. The van der Waals surface area contributed by atoms with E-state index in [1.165, 1.54) is 45.2 Å². The van der Waals surface area contributed by atoms with Gasteiger partial charge in [-0.1, -0.05) is 6.42 Å². The van der Waals surface area contributed by atoms with E-state index in [2.05, 4.69) is 9.80 Å². The standard InChI is InChI=1S/C15H30N2O2/c1-2-19-13-15(18)12-16-8-6-7-14(11-16)17-9-4-3-5-10-17/h14-15,18H,2-13H2,1H3/t14-,15-/m0/s1. The minimum Gasteiger partial charge on any atom is -0.389 e. The van der Waals surface area contributed by atoms with Gasteiger partial charge in [0.25, 0.3) is 0 Å². The van der Waals surface area contributed by atoms with Crippen LogP contribution >= 0.6 is 0 Å². The Morgan fingerprint density at radius 2 is 1.95 bits per heavy atom. The molecule has 2 atom stereocenters. The number of likely N-dealkylation sites (tertiary alicyclic amines) is 2. The van der Waals surface area contributed by atoms with Gasteiger partial charge < -0.3 is 9.84 Å². The van der Waals surface area contributed by atoms with Gasteiger partial charge in [-0.2, -0.15) is 0 Å². The second-order valence-electron chi connectivity index (χ2n) is 5.97. The topological polar surface area (TPSA) is 35.9 Å². The summed E-state index contributed by atoms with van der Waals surface area (Å²) in [7, 11) is 0. The highest BCUT2D eigenvalue weighted by atomic mass is 16.5. The molecule has 2 fully saturated rings. The third-order valence-electron chi connectivity index (χ3n) is 4.37. The fraction of sp³-hybridized carbons (Fsp3) is 1.00. The number of aliphatic hydroxyl groups excluding tert-OH is 1. The quantitative estimate of drug-likeness (QED) is 0.790. The highest BCUT2D eigenvalue weighted by Gasteiger charge is 2.27. The number of β-amino-alcohol motifs (C(OH)–C–C–N with tert-alkyl or cyclic N) is 1. The molecule has 0 aromatic rings. The summed E-state index contributed by atoms with van der Waals surface area (Å²) < 4.78 is 5.29. The van der Waals surface area contributed by atoms with Gasteiger partial charge in [-0.15, -0.1) is 0 Å². The lowest BCUT2D eigenvalue weighted by atomic mass is 10.0. The highest BCUT2D eigenvalue weighted by molar-refractivity contribution is 4.83. The Hall–Kier alpha value is -0.160. The second kappa shape index (κ2) is 8.20.